The molecule has 4 rings (SSSR count). The molecule has 1 aliphatic carbocycles. The van der Waals surface area contributed by atoms with E-state index < -0.39 is 0 Å². The lowest BCUT2D eigenvalue weighted by Gasteiger charge is -2.33. The second-order valence-corrected chi connectivity index (χ2v) is 6.94. The Bertz CT molecular complexity index is 552. The van der Waals surface area contributed by atoms with Crippen molar-refractivity contribution in [2.24, 2.45) is 0 Å². The Labute approximate surface area is 154 Å². The molecule has 3 N–H and O–H groups in total. The van der Waals surface area contributed by atoms with E-state index in [4.69, 9.17) is 24.5 Å². The zero-order valence-electron chi connectivity index (χ0n) is 15.1. The zero-order chi connectivity index (χ0) is 18.9. The molecular formula is C19H28N2O5. The molecule has 0 amide bonds. The van der Waals surface area contributed by atoms with Crippen molar-refractivity contribution >= 4 is 12.9 Å². The molecule has 7 nitrogen and oxygen atoms in total. The van der Waals surface area contributed by atoms with Crippen molar-refractivity contribution in [3.05, 3.63) is 35.4 Å². The van der Waals surface area contributed by atoms with Crippen LogP contribution in [-0.4, -0.2) is 72.0 Å². The number of nitrogens with zero attached hydrogens (tertiary/aromatic N) is 1. The van der Waals surface area contributed by atoms with Crippen LogP contribution >= 0.6 is 0 Å². The summed E-state index contributed by atoms with van der Waals surface area (Å²) in [5, 5.41) is 17.7. The molecule has 2 fully saturated rings. The topological polar surface area (TPSA) is 99.1 Å². The van der Waals surface area contributed by atoms with Crippen LogP contribution in [-0.2, 0) is 27.2 Å². The predicted molar refractivity (Wildman–Crippen MR) is 97.3 cm³/mol. The van der Waals surface area contributed by atoms with E-state index in [0.717, 1.165) is 13.2 Å². The van der Waals surface area contributed by atoms with Crippen molar-refractivity contribution in [3.8, 4) is 0 Å². The summed E-state index contributed by atoms with van der Waals surface area (Å²) in [7, 11) is 0. The molecule has 2 saturated heterocycles. The highest BCUT2D eigenvalue weighted by atomic mass is 16.5. The fraction of sp³-hybridized carbons (Fsp3) is 0.579. The van der Waals surface area contributed by atoms with Crippen LogP contribution in [0.2, 0.25) is 0 Å². The van der Waals surface area contributed by atoms with Crippen molar-refractivity contribution in [2.45, 2.75) is 50.4 Å². The molecule has 1 aromatic carbocycles. The predicted octanol–water partition coefficient (Wildman–Crippen LogP) is 1.01. The van der Waals surface area contributed by atoms with E-state index in [-0.39, 0.29) is 12.9 Å². The van der Waals surface area contributed by atoms with E-state index in [1.54, 1.807) is 0 Å². The molecule has 0 spiro atoms. The number of morpholine rings is 1. The summed E-state index contributed by atoms with van der Waals surface area (Å²) in [5.41, 5.74) is 3.08. The van der Waals surface area contributed by atoms with Gasteiger partial charge in [0.15, 0.2) is 0 Å². The Morgan fingerprint density at radius 2 is 1.65 bits per heavy atom. The van der Waals surface area contributed by atoms with Crippen molar-refractivity contribution in [1.82, 2.24) is 10.2 Å². The minimum absolute atomic E-state index is 0.250. The lowest BCUT2D eigenvalue weighted by molar-refractivity contribution is -0.123. The fourth-order valence-corrected chi connectivity index (χ4v) is 4.17. The van der Waals surface area contributed by atoms with Gasteiger partial charge in [-0.3, -0.25) is 14.5 Å². The number of nitrogens with one attached hydrogen (secondary N) is 1. The fourth-order valence-electron chi connectivity index (χ4n) is 4.17. The Morgan fingerprint density at radius 1 is 1.08 bits per heavy atom. The molecular weight excluding hydrogens is 336 g/mol. The molecule has 2 heterocycles. The number of hydrogen-bond acceptors (Lipinski definition) is 5. The number of ether oxygens (including phenoxy) is 1. The largest absolute Gasteiger partial charge is 0.483 e. The first kappa shape index (κ1) is 20.4. The van der Waals surface area contributed by atoms with Crippen LogP contribution in [0.3, 0.4) is 0 Å². The number of fused-ring (bicyclic) bond motifs is 2. The van der Waals surface area contributed by atoms with Crippen LogP contribution < -0.4 is 5.32 Å². The van der Waals surface area contributed by atoms with E-state index in [1.165, 1.54) is 36.9 Å². The number of benzene rings is 1. The highest BCUT2D eigenvalue weighted by molar-refractivity contribution is 5.33. The number of rotatable bonds is 2. The summed E-state index contributed by atoms with van der Waals surface area (Å²) in [6.07, 6.45) is 4.05. The first-order valence-corrected chi connectivity index (χ1v) is 8.95. The highest BCUT2D eigenvalue weighted by Crippen LogP contribution is 2.26. The first-order chi connectivity index (χ1) is 12.6. The third-order valence-electron chi connectivity index (χ3n) is 5.12. The molecule has 0 bridgehead atoms. The molecule has 2 aliphatic heterocycles. The number of hydrogen-bond donors (Lipinski definition) is 3. The summed E-state index contributed by atoms with van der Waals surface area (Å²) in [5.74, 6) is 0. The lowest BCUT2D eigenvalue weighted by Crippen LogP contribution is -2.45. The monoisotopic (exact) mass is 364 g/mol. The Hall–Kier alpha value is -1.96. The van der Waals surface area contributed by atoms with Gasteiger partial charge in [0.25, 0.3) is 12.9 Å². The maximum Gasteiger partial charge on any atom is 0.290 e. The first-order valence-electron chi connectivity index (χ1n) is 8.95. The molecule has 7 heteroatoms. The molecule has 1 aromatic rings. The number of carboxylic acid groups (broad SMARTS) is 2. The van der Waals surface area contributed by atoms with Crippen LogP contribution in [0.15, 0.2) is 24.3 Å². The van der Waals surface area contributed by atoms with E-state index >= 15 is 0 Å². The number of carbonyl (C=O) groups is 2. The van der Waals surface area contributed by atoms with Gasteiger partial charge < -0.3 is 20.3 Å². The van der Waals surface area contributed by atoms with Crippen molar-refractivity contribution in [1.29, 1.82) is 0 Å². The van der Waals surface area contributed by atoms with E-state index in [1.807, 2.05) is 0 Å². The Morgan fingerprint density at radius 3 is 2.23 bits per heavy atom. The quantitative estimate of drug-likeness (QED) is 0.674. The van der Waals surface area contributed by atoms with Crippen LogP contribution in [0.25, 0.3) is 0 Å². The summed E-state index contributed by atoms with van der Waals surface area (Å²) in [6.45, 7) is 4.91. The van der Waals surface area contributed by atoms with Crippen LogP contribution in [0.5, 0.6) is 0 Å². The van der Waals surface area contributed by atoms with Gasteiger partial charge in [0, 0.05) is 31.2 Å². The Kier molecular flexibility index (Phi) is 8.03. The average Bonchev–Trinajstić information content (AvgIpc) is 3.18. The standard InChI is InChI=1S/C17H24N2O.2CH2O2/c1-12-9-19-10-16(8-17(19)11-20-12)18-15-6-13-4-2-3-5-14(13)7-15;2*2-1-3/h2-5,12,15-18H,6-11H2,1H3;2*1H,(H,2,3)/t12-,16+,17-;;/m0../s1. The molecule has 26 heavy (non-hydrogen) atoms. The van der Waals surface area contributed by atoms with Crippen molar-refractivity contribution in [3.63, 3.8) is 0 Å². The third-order valence-corrected chi connectivity index (χ3v) is 5.12. The Balaban J connectivity index is 0.000000361. The third kappa shape index (κ3) is 5.52. The normalized spacial score (nSPS) is 27.2. The molecule has 3 aliphatic rings. The van der Waals surface area contributed by atoms with Gasteiger partial charge in [-0.1, -0.05) is 24.3 Å². The minimum Gasteiger partial charge on any atom is -0.483 e. The molecule has 144 valence electrons. The average molecular weight is 364 g/mol. The SMILES string of the molecule is C[C@H]1CN2C[C@H](NC3Cc4ccccc4C3)C[C@H]2CO1.O=CO.O=CO. The van der Waals surface area contributed by atoms with Crippen LogP contribution in [0.1, 0.15) is 24.5 Å². The van der Waals surface area contributed by atoms with E-state index in [2.05, 4.69) is 41.4 Å². The van der Waals surface area contributed by atoms with Gasteiger partial charge in [-0.05, 0) is 37.3 Å². The highest BCUT2D eigenvalue weighted by Gasteiger charge is 2.37. The minimum atomic E-state index is -0.250. The summed E-state index contributed by atoms with van der Waals surface area (Å²) in [6, 6.07) is 10.8. The van der Waals surface area contributed by atoms with E-state index in [0.29, 0.717) is 24.2 Å². The van der Waals surface area contributed by atoms with Crippen LogP contribution in [0, 0.1) is 0 Å². The maximum absolute atomic E-state index is 8.36. The zero-order valence-corrected chi connectivity index (χ0v) is 15.1. The van der Waals surface area contributed by atoms with Crippen LogP contribution in [0.4, 0.5) is 0 Å². The van der Waals surface area contributed by atoms with Gasteiger partial charge in [-0.15, -0.1) is 0 Å². The van der Waals surface area contributed by atoms with Gasteiger partial charge in [0.2, 0.25) is 0 Å². The maximum atomic E-state index is 8.36. The lowest BCUT2D eigenvalue weighted by atomic mass is 10.1. The molecule has 0 saturated carbocycles. The molecule has 3 atom stereocenters. The summed E-state index contributed by atoms with van der Waals surface area (Å²) < 4.78 is 5.79. The smallest absolute Gasteiger partial charge is 0.290 e. The van der Waals surface area contributed by atoms with Gasteiger partial charge in [0.1, 0.15) is 0 Å². The van der Waals surface area contributed by atoms with Gasteiger partial charge in [-0.25, -0.2) is 0 Å². The summed E-state index contributed by atoms with van der Waals surface area (Å²) in [4.78, 5) is 19.3. The second-order valence-electron chi connectivity index (χ2n) is 6.94. The van der Waals surface area contributed by atoms with E-state index in [9.17, 15) is 0 Å². The summed E-state index contributed by atoms with van der Waals surface area (Å²) >= 11 is 0. The van der Waals surface area contributed by atoms with Crippen molar-refractivity contribution < 1.29 is 24.5 Å². The molecule has 0 radical (unpaired) electrons. The van der Waals surface area contributed by atoms with Gasteiger partial charge in [0.05, 0.1) is 12.7 Å². The van der Waals surface area contributed by atoms with Crippen molar-refractivity contribution in [2.75, 3.05) is 19.7 Å². The second kappa shape index (κ2) is 10.3. The van der Waals surface area contributed by atoms with Gasteiger partial charge >= 0.3 is 0 Å². The van der Waals surface area contributed by atoms with Gasteiger partial charge in [-0.2, -0.15) is 0 Å². The molecule has 0 aromatic heterocycles. The molecule has 0 unspecified atom stereocenters.